The molecule has 2 rings (SSSR count). The predicted molar refractivity (Wildman–Crippen MR) is 73.8 cm³/mol. The average Bonchev–Trinajstić information content (AvgIpc) is 2.38. The summed E-state index contributed by atoms with van der Waals surface area (Å²) in [6, 6.07) is 13.1. The fourth-order valence-electron chi connectivity index (χ4n) is 2.19. The van der Waals surface area contributed by atoms with Gasteiger partial charge in [-0.25, -0.2) is 4.39 Å². The summed E-state index contributed by atoms with van der Waals surface area (Å²) in [6.45, 7) is 4.64. The minimum absolute atomic E-state index is 0.230. The molecule has 0 saturated carbocycles. The number of hydrogen-bond acceptors (Lipinski definition) is 1. The summed E-state index contributed by atoms with van der Waals surface area (Å²) in [5, 5.41) is 0. The van der Waals surface area contributed by atoms with Crippen molar-refractivity contribution in [2.75, 3.05) is 0 Å². The lowest BCUT2D eigenvalue weighted by Crippen LogP contribution is -1.98. The molecule has 18 heavy (non-hydrogen) atoms. The first kappa shape index (κ1) is 12.8. The van der Waals surface area contributed by atoms with Crippen molar-refractivity contribution in [2.45, 2.75) is 26.3 Å². The zero-order chi connectivity index (χ0) is 13.1. The van der Waals surface area contributed by atoms with Gasteiger partial charge in [0.25, 0.3) is 0 Å². The molecule has 0 amide bonds. The lowest BCUT2D eigenvalue weighted by atomic mass is 9.92. The van der Waals surface area contributed by atoms with E-state index in [4.69, 9.17) is 5.73 Å². The second kappa shape index (κ2) is 5.32. The first-order valence-corrected chi connectivity index (χ1v) is 6.20. The van der Waals surface area contributed by atoms with Crippen LogP contribution in [0.2, 0.25) is 0 Å². The molecule has 0 radical (unpaired) electrons. The summed E-state index contributed by atoms with van der Waals surface area (Å²) in [5.41, 5.74) is 9.63. The van der Waals surface area contributed by atoms with Crippen LogP contribution < -0.4 is 5.73 Å². The second-order valence-corrected chi connectivity index (χ2v) is 4.79. The number of nitrogens with two attached hydrogens (primary N) is 1. The van der Waals surface area contributed by atoms with Crippen molar-refractivity contribution in [3.05, 3.63) is 59.4 Å². The van der Waals surface area contributed by atoms with Crippen LogP contribution in [0.25, 0.3) is 11.1 Å². The molecular formula is C16H18FN. The van der Waals surface area contributed by atoms with Crippen LogP contribution in [-0.4, -0.2) is 0 Å². The van der Waals surface area contributed by atoms with Crippen molar-refractivity contribution < 1.29 is 4.39 Å². The third kappa shape index (κ3) is 2.59. The Balaban J connectivity index is 2.58. The van der Waals surface area contributed by atoms with Crippen LogP contribution in [0.15, 0.2) is 42.5 Å². The van der Waals surface area contributed by atoms with Crippen LogP contribution >= 0.6 is 0 Å². The van der Waals surface area contributed by atoms with E-state index in [-0.39, 0.29) is 5.82 Å². The van der Waals surface area contributed by atoms with Crippen molar-refractivity contribution in [2.24, 2.45) is 5.73 Å². The quantitative estimate of drug-likeness (QED) is 0.863. The summed E-state index contributed by atoms with van der Waals surface area (Å²) in [6.07, 6.45) is 0. The monoisotopic (exact) mass is 243 g/mol. The van der Waals surface area contributed by atoms with Crippen LogP contribution in [0.1, 0.15) is 30.9 Å². The van der Waals surface area contributed by atoms with Crippen LogP contribution in [0.5, 0.6) is 0 Å². The number of hydrogen-bond donors (Lipinski definition) is 1. The van der Waals surface area contributed by atoms with Crippen molar-refractivity contribution >= 4 is 0 Å². The van der Waals surface area contributed by atoms with E-state index in [0.717, 1.165) is 16.7 Å². The van der Waals surface area contributed by atoms with E-state index in [2.05, 4.69) is 19.9 Å². The first-order valence-electron chi connectivity index (χ1n) is 6.20. The molecule has 2 aromatic carbocycles. The van der Waals surface area contributed by atoms with Crippen molar-refractivity contribution in [3.8, 4) is 11.1 Å². The van der Waals surface area contributed by atoms with E-state index in [1.165, 1.54) is 11.6 Å². The first-order chi connectivity index (χ1) is 8.61. The van der Waals surface area contributed by atoms with Gasteiger partial charge in [0.05, 0.1) is 0 Å². The molecule has 1 nitrogen and oxygen atoms in total. The number of benzene rings is 2. The van der Waals surface area contributed by atoms with Crippen molar-refractivity contribution in [3.63, 3.8) is 0 Å². The SMILES string of the molecule is CC(C)c1ccccc1-c1cc(F)cc(CN)c1. The van der Waals surface area contributed by atoms with E-state index >= 15 is 0 Å². The van der Waals surface area contributed by atoms with Gasteiger partial charge in [0.1, 0.15) is 5.82 Å². The largest absolute Gasteiger partial charge is 0.326 e. The fourth-order valence-corrected chi connectivity index (χ4v) is 2.19. The average molecular weight is 243 g/mol. The van der Waals surface area contributed by atoms with Gasteiger partial charge in [0, 0.05) is 6.54 Å². The van der Waals surface area contributed by atoms with Gasteiger partial charge in [-0.1, -0.05) is 38.1 Å². The zero-order valence-corrected chi connectivity index (χ0v) is 10.8. The molecule has 94 valence electrons. The normalized spacial score (nSPS) is 10.9. The molecule has 0 bridgehead atoms. The molecular weight excluding hydrogens is 225 g/mol. The topological polar surface area (TPSA) is 26.0 Å². The van der Waals surface area contributed by atoms with E-state index < -0.39 is 0 Å². The summed E-state index contributed by atoms with van der Waals surface area (Å²) in [7, 11) is 0. The summed E-state index contributed by atoms with van der Waals surface area (Å²) in [5.74, 6) is 0.178. The Bertz CT molecular complexity index is 547. The third-order valence-electron chi connectivity index (χ3n) is 3.09. The molecule has 0 aliphatic rings. The minimum Gasteiger partial charge on any atom is -0.326 e. The highest BCUT2D eigenvalue weighted by Crippen LogP contribution is 2.30. The van der Waals surface area contributed by atoms with Gasteiger partial charge >= 0.3 is 0 Å². The molecule has 2 aromatic rings. The summed E-state index contributed by atoms with van der Waals surface area (Å²) < 4.78 is 13.6. The highest BCUT2D eigenvalue weighted by Gasteiger charge is 2.09. The maximum Gasteiger partial charge on any atom is 0.124 e. The van der Waals surface area contributed by atoms with Crippen LogP contribution in [0, 0.1) is 5.82 Å². The lowest BCUT2D eigenvalue weighted by molar-refractivity contribution is 0.626. The molecule has 2 N–H and O–H groups in total. The Labute approximate surface area is 107 Å². The highest BCUT2D eigenvalue weighted by molar-refractivity contribution is 5.68. The lowest BCUT2D eigenvalue weighted by Gasteiger charge is -2.13. The van der Waals surface area contributed by atoms with E-state index in [1.54, 1.807) is 6.07 Å². The maximum atomic E-state index is 13.6. The third-order valence-corrected chi connectivity index (χ3v) is 3.09. The van der Waals surface area contributed by atoms with Crippen molar-refractivity contribution in [1.29, 1.82) is 0 Å². The Kier molecular flexibility index (Phi) is 3.78. The Hall–Kier alpha value is -1.67. The molecule has 0 heterocycles. The molecule has 0 fully saturated rings. The fraction of sp³-hybridized carbons (Fsp3) is 0.250. The molecule has 2 heteroatoms. The van der Waals surface area contributed by atoms with Crippen LogP contribution in [0.3, 0.4) is 0 Å². The van der Waals surface area contributed by atoms with Crippen LogP contribution in [0.4, 0.5) is 4.39 Å². The Morgan fingerprint density at radius 2 is 1.83 bits per heavy atom. The summed E-state index contributed by atoms with van der Waals surface area (Å²) in [4.78, 5) is 0. The smallest absolute Gasteiger partial charge is 0.124 e. The van der Waals surface area contributed by atoms with Gasteiger partial charge < -0.3 is 5.73 Å². The molecule has 0 saturated heterocycles. The molecule has 0 unspecified atom stereocenters. The standard InChI is InChI=1S/C16H18FN/c1-11(2)15-5-3-4-6-16(15)13-7-12(10-18)8-14(17)9-13/h3-9,11H,10,18H2,1-2H3. The van der Waals surface area contributed by atoms with Crippen LogP contribution in [-0.2, 0) is 6.54 Å². The van der Waals surface area contributed by atoms with Gasteiger partial charge in [-0.2, -0.15) is 0 Å². The van der Waals surface area contributed by atoms with E-state index in [9.17, 15) is 4.39 Å². The number of halogens is 1. The minimum atomic E-state index is -0.230. The van der Waals surface area contributed by atoms with Gasteiger partial charge in [-0.05, 0) is 46.4 Å². The van der Waals surface area contributed by atoms with E-state index in [0.29, 0.717) is 12.5 Å². The zero-order valence-electron chi connectivity index (χ0n) is 10.8. The molecule has 0 aliphatic carbocycles. The van der Waals surface area contributed by atoms with Gasteiger partial charge in [-0.15, -0.1) is 0 Å². The molecule has 0 atom stereocenters. The predicted octanol–water partition coefficient (Wildman–Crippen LogP) is 4.07. The Morgan fingerprint density at radius 3 is 2.50 bits per heavy atom. The maximum absolute atomic E-state index is 13.6. The molecule has 0 aliphatic heterocycles. The summed E-state index contributed by atoms with van der Waals surface area (Å²) >= 11 is 0. The Morgan fingerprint density at radius 1 is 1.11 bits per heavy atom. The van der Waals surface area contributed by atoms with Crippen molar-refractivity contribution in [1.82, 2.24) is 0 Å². The number of rotatable bonds is 3. The van der Waals surface area contributed by atoms with Gasteiger partial charge in [0.2, 0.25) is 0 Å². The van der Waals surface area contributed by atoms with E-state index in [1.807, 2.05) is 24.3 Å². The molecule has 0 spiro atoms. The second-order valence-electron chi connectivity index (χ2n) is 4.79. The highest BCUT2D eigenvalue weighted by atomic mass is 19.1. The molecule has 0 aromatic heterocycles. The van der Waals surface area contributed by atoms with Gasteiger partial charge in [-0.3, -0.25) is 0 Å². The van der Waals surface area contributed by atoms with Gasteiger partial charge in [0.15, 0.2) is 0 Å².